The summed E-state index contributed by atoms with van der Waals surface area (Å²) in [6.07, 6.45) is 6.78. The summed E-state index contributed by atoms with van der Waals surface area (Å²) in [5, 5.41) is 0.852. The van der Waals surface area contributed by atoms with Gasteiger partial charge in [0.1, 0.15) is 0 Å². The number of alkyl halides is 1. The van der Waals surface area contributed by atoms with Gasteiger partial charge in [0.15, 0.2) is 0 Å². The molecule has 0 radical (unpaired) electrons. The van der Waals surface area contributed by atoms with Gasteiger partial charge in [-0.25, -0.2) is 4.98 Å². The zero-order chi connectivity index (χ0) is 10.7. The molecule has 0 aliphatic carbocycles. The summed E-state index contributed by atoms with van der Waals surface area (Å²) in [6.45, 7) is 3.60. The van der Waals surface area contributed by atoms with Gasteiger partial charge in [-0.2, -0.15) is 0 Å². The van der Waals surface area contributed by atoms with Crippen LogP contribution in [0.25, 0.3) is 0 Å². The van der Waals surface area contributed by atoms with Gasteiger partial charge < -0.3 is 9.47 Å². The Morgan fingerprint density at radius 3 is 3.13 bits per heavy atom. The first-order valence-electron chi connectivity index (χ1n) is 5.53. The normalized spacial score (nSPS) is 23.2. The van der Waals surface area contributed by atoms with Gasteiger partial charge in [0.05, 0.1) is 12.0 Å². The first kappa shape index (κ1) is 11.1. The lowest BCUT2D eigenvalue weighted by atomic mass is 9.98. The standard InChI is InChI=1S/C11H18BrN3/c1-14-4-2-3-10(6-14)7-15-8-11(5-12)13-9-15/h8-10H,2-7H2,1H3. The maximum Gasteiger partial charge on any atom is 0.0949 e. The number of hydrogen-bond acceptors (Lipinski definition) is 2. The minimum Gasteiger partial charge on any atom is -0.337 e. The van der Waals surface area contributed by atoms with E-state index in [0.29, 0.717) is 0 Å². The van der Waals surface area contributed by atoms with Crippen LogP contribution in [-0.4, -0.2) is 34.6 Å². The molecule has 1 unspecified atom stereocenters. The van der Waals surface area contributed by atoms with Crippen molar-refractivity contribution in [3.8, 4) is 0 Å². The molecule has 15 heavy (non-hydrogen) atoms. The summed E-state index contributed by atoms with van der Waals surface area (Å²) in [7, 11) is 2.21. The molecule has 1 aromatic rings. The van der Waals surface area contributed by atoms with E-state index >= 15 is 0 Å². The smallest absolute Gasteiger partial charge is 0.0949 e. The van der Waals surface area contributed by atoms with E-state index in [9.17, 15) is 0 Å². The highest BCUT2D eigenvalue weighted by Crippen LogP contribution is 2.17. The van der Waals surface area contributed by atoms with Gasteiger partial charge in [0.2, 0.25) is 0 Å². The molecule has 0 saturated carbocycles. The predicted molar refractivity (Wildman–Crippen MR) is 65.1 cm³/mol. The van der Waals surface area contributed by atoms with Crippen LogP contribution in [0.2, 0.25) is 0 Å². The molecule has 4 heteroatoms. The van der Waals surface area contributed by atoms with E-state index in [1.165, 1.54) is 25.9 Å². The minimum absolute atomic E-state index is 0.793. The van der Waals surface area contributed by atoms with Gasteiger partial charge in [0, 0.05) is 24.6 Å². The highest BCUT2D eigenvalue weighted by molar-refractivity contribution is 9.08. The molecule has 2 heterocycles. The molecular formula is C11H18BrN3. The Balaban J connectivity index is 1.90. The fourth-order valence-electron chi connectivity index (χ4n) is 2.30. The number of hydrogen-bond donors (Lipinski definition) is 0. The molecule has 0 spiro atoms. The monoisotopic (exact) mass is 271 g/mol. The van der Waals surface area contributed by atoms with Crippen LogP contribution in [0.3, 0.4) is 0 Å². The average molecular weight is 272 g/mol. The average Bonchev–Trinajstić information content (AvgIpc) is 2.65. The molecule has 1 aromatic heterocycles. The SMILES string of the molecule is CN1CCCC(Cn2cnc(CBr)c2)C1. The molecule has 1 saturated heterocycles. The van der Waals surface area contributed by atoms with Crippen molar-refractivity contribution in [2.24, 2.45) is 5.92 Å². The second-order valence-corrected chi connectivity index (χ2v) is 5.03. The molecule has 1 fully saturated rings. The van der Waals surface area contributed by atoms with E-state index in [2.05, 4.69) is 43.6 Å². The number of halogens is 1. The summed E-state index contributed by atoms with van der Waals surface area (Å²) in [4.78, 5) is 6.75. The van der Waals surface area contributed by atoms with Crippen LogP contribution in [0.1, 0.15) is 18.5 Å². The second kappa shape index (κ2) is 5.12. The molecule has 1 atom stereocenters. The zero-order valence-electron chi connectivity index (χ0n) is 9.19. The fourth-order valence-corrected chi connectivity index (χ4v) is 2.59. The van der Waals surface area contributed by atoms with E-state index in [0.717, 1.165) is 23.5 Å². The van der Waals surface area contributed by atoms with Crippen LogP contribution in [0.4, 0.5) is 0 Å². The number of rotatable bonds is 3. The van der Waals surface area contributed by atoms with Gasteiger partial charge in [-0.15, -0.1) is 0 Å². The Morgan fingerprint density at radius 2 is 2.47 bits per heavy atom. The summed E-state index contributed by atoms with van der Waals surface area (Å²) in [5.74, 6) is 0.793. The van der Waals surface area contributed by atoms with Crippen molar-refractivity contribution >= 4 is 15.9 Å². The van der Waals surface area contributed by atoms with Gasteiger partial charge >= 0.3 is 0 Å². The van der Waals surface area contributed by atoms with Crippen molar-refractivity contribution in [1.82, 2.24) is 14.5 Å². The molecule has 0 N–H and O–H groups in total. The lowest BCUT2D eigenvalue weighted by Gasteiger charge is -2.29. The van der Waals surface area contributed by atoms with Crippen LogP contribution in [0.15, 0.2) is 12.5 Å². The van der Waals surface area contributed by atoms with Crippen molar-refractivity contribution in [2.75, 3.05) is 20.1 Å². The Hall–Kier alpha value is -0.350. The third kappa shape index (κ3) is 3.05. The first-order chi connectivity index (χ1) is 7.28. The maximum atomic E-state index is 4.32. The molecule has 1 aliphatic rings. The zero-order valence-corrected chi connectivity index (χ0v) is 10.8. The molecule has 3 nitrogen and oxygen atoms in total. The highest BCUT2D eigenvalue weighted by atomic mass is 79.9. The Morgan fingerprint density at radius 1 is 1.60 bits per heavy atom. The number of imidazole rings is 1. The minimum atomic E-state index is 0.793. The van der Waals surface area contributed by atoms with E-state index in [1.54, 1.807) is 0 Å². The van der Waals surface area contributed by atoms with Crippen molar-refractivity contribution in [2.45, 2.75) is 24.7 Å². The molecule has 0 aromatic carbocycles. The third-order valence-corrected chi connectivity index (χ3v) is 3.59. The molecule has 1 aliphatic heterocycles. The van der Waals surface area contributed by atoms with Gasteiger partial charge in [-0.1, -0.05) is 15.9 Å². The van der Waals surface area contributed by atoms with Gasteiger partial charge in [-0.05, 0) is 32.4 Å². The fraction of sp³-hybridized carbons (Fsp3) is 0.727. The van der Waals surface area contributed by atoms with E-state index in [-0.39, 0.29) is 0 Å². The van der Waals surface area contributed by atoms with Crippen molar-refractivity contribution < 1.29 is 0 Å². The molecule has 0 amide bonds. The van der Waals surface area contributed by atoms with Crippen LogP contribution in [-0.2, 0) is 11.9 Å². The summed E-state index contributed by atoms with van der Waals surface area (Å²) >= 11 is 3.42. The summed E-state index contributed by atoms with van der Waals surface area (Å²) in [6, 6.07) is 0. The largest absolute Gasteiger partial charge is 0.337 e. The molecule has 84 valence electrons. The number of aromatic nitrogens is 2. The molecule has 2 rings (SSSR count). The first-order valence-corrected chi connectivity index (χ1v) is 6.65. The maximum absolute atomic E-state index is 4.32. The van der Waals surface area contributed by atoms with Crippen molar-refractivity contribution in [3.63, 3.8) is 0 Å². The lowest BCUT2D eigenvalue weighted by Crippen LogP contribution is -2.33. The third-order valence-electron chi connectivity index (χ3n) is 3.01. The summed E-state index contributed by atoms with van der Waals surface area (Å²) < 4.78 is 2.22. The lowest BCUT2D eigenvalue weighted by molar-refractivity contribution is 0.194. The van der Waals surface area contributed by atoms with Crippen LogP contribution in [0, 0.1) is 5.92 Å². The van der Waals surface area contributed by atoms with E-state index in [1.807, 2.05) is 6.33 Å². The number of piperidine rings is 1. The Kier molecular flexibility index (Phi) is 3.81. The number of nitrogens with zero attached hydrogens (tertiary/aromatic N) is 3. The van der Waals surface area contributed by atoms with Crippen molar-refractivity contribution in [3.05, 3.63) is 18.2 Å². The molecular weight excluding hydrogens is 254 g/mol. The number of likely N-dealkylation sites (tertiary alicyclic amines) is 1. The predicted octanol–water partition coefficient (Wildman–Crippen LogP) is 2.12. The van der Waals surface area contributed by atoms with E-state index in [4.69, 9.17) is 0 Å². The van der Waals surface area contributed by atoms with Gasteiger partial charge in [-0.3, -0.25) is 0 Å². The van der Waals surface area contributed by atoms with Crippen LogP contribution >= 0.6 is 15.9 Å². The van der Waals surface area contributed by atoms with Gasteiger partial charge in [0.25, 0.3) is 0 Å². The quantitative estimate of drug-likeness (QED) is 0.786. The van der Waals surface area contributed by atoms with Crippen molar-refractivity contribution in [1.29, 1.82) is 0 Å². The topological polar surface area (TPSA) is 21.1 Å². The summed E-state index contributed by atoms with van der Waals surface area (Å²) in [5.41, 5.74) is 1.12. The van der Waals surface area contributed by atoms with Crippen LogP contribution < -0.4 is 0 Å². The van der Waals surface area contributed by atoms with Crippen LogP contribution in [0.5, 0.6) is 0 Å². The Labute approximate surface area is 99.6 Å². The molecule has 0 bridgehead atoms. The van der Waals surface area contributed by atoms with E-state index < -0.39 is 0 Å². The Bertz CT molecular complexity index is 311. The highest BCUT2D eigenvalue weighted by Gasteiger charge is 2.17. The second-order valence-electron chi connectivity index (χ2n) is 4.47.